The summed E-state index contributed by atoms with van der Waals surface area (Å²) < 4.78 is 40.6. The maximum atomic E-state index is 14.6. The molecule has 0 spiro atoms. The lowest BCUT2D eigenvalue weighted by atomic mass is 9.55. The Hall–Kier alpha value is -3.93. The zero-order valence-electron chi connectivity index (χ0n) is 31.5. The molecule has 1 fully saturated rings. The van der Waals surface area contributed by atoms with Gasteiger partial charge in [0.05, 0.1) is 24.8 Å². The first-order valence-electron chi connectivity index (χ1n) is 19.4. The molecule has 1 aliphatic heterocycles. The molecule has 5 rings (SSSR count). The topological polar surface area (TPSA) is 119 Å². The first kappa shape index (κ1) is 40.3. The molecule has 0 bridgehead atoms. The zero-order valence-corrected chi connectivity index (χ0v) is 31.5. The first-order valence-corrected chi connectivity index (χ1v) is 19.4. The molecule has 0 saturated heterocycles. The van der Waals surface area contributed by atoms with Gasteiger partial charge in [-0.1, -0.05) is 55.3 Å². The van der Waals surface area contributed by atoms with Crippen LogP contribution in [0.1, 0.15) is 89.2 Å². The Kier molecular flexibility index (Phi) is 14.7. The van der Waals surface area contributed by atoms with Gasteiger partial charge in [0.15, 0.2) is 0 Å². The lowest BCUT2D eigenvalue weighted by Crippen LogP contribution is -2.70. The Morgan fingerprint density at radius 1 is 1.08 bits per heavy atom. The molecule has 290 valence electrons. The minimum atomic E-state index is -1.36. The van der Waals surface area contributed by atoms with Crippen molar-refractivity contribution in [1.29, 1.82) is 0 Å². The number of oxime groups is 1. The van der Waals surface area contributed by atoms with Gasteiger partial charge in [-0.3, -0.25) is 4.90 Å². The van der Waals surface area contributed by atoms with E-state index in [1.54, 1.807) is 36.1 Å². The number of carbonyl (C=O) groups excluding carboxylic acids is 1. The first-order chi connectivity index (χ1) is 25.9. The van der Waals surface area contributed by atoms with Gasteiger partial charge < -0.3 is 34.0 Å². The second-order valence-corrected chi connectivity index (χ2v) is 14.0. The van der Waals surface area contributed by atoms with E-state index in [0.29, 0.717) is 55.9 Å². The Labute approximate surface area is 313 Å². The van der Waals surface area contributed by atoms with Gasteiger partial charge in [0.25, 0.3) is 0 Å². The molecule has 0 aromatic heterocycles. The SMILES string of the molecule is C=CCOC12Oc3ccc(OCc4ccccc4F)cc3C3C(CCCCO)C(CCCCO)C=C(C(=NOCC)CC1N(CCC)C(=O)OCC)C32. The van der Waals surface area contributed by atoms with Crippen molar-refractivity contribution in [2.75, 3.05) is 39.6 Å². The average Bonchev–Trinajstić information content (AvgIpc) is 3.16. The van der Waals surface area contributed by atoms with Crippen molar-refractivity contribution in [2.24, 2.45) is 22.9 Å². The number of carbonyl (C=O) groups is 1. The Morgan fingerprint density at radius 2 is 1.85 bits per heavy atom. The normalized spacial score (nSPS) is 25.1. The summed E-state index contributed by atoms with van der Waals surface area (Å²) in [4.78, 5) is 21.3. The van der Waals surface area contributed by atoms with Crippen molar-refractivity contribution in [3.63, 3.8) is 0 Å². The summed E-state index contributed by atoms with van der Waals surface area (Å²) in [5.74, 6) is -0.954. The summed E-state index contributed by atoms with van der Waals surface area (Å²) in [5.41, 5.74) is 3.07. The number of benzene rings is 2. The molecule has 0 radical (unpaired) electrons. The van der Waals surface area contributed by atoms with Crippen LogP contribution in [0.15, 0.2) is 71.9 Å². The third-order valence-electron chi connectivity index (χ3n) is 10.6. The van der Waals surface area contributed by atoms with E-state index in [-0.39, 0.29) is 56.6 Å². The Morgan fingerprint density at radius 3 is 2.55 bits per heavy atom. The maximum absolute atomic E-state index is 14.6. The van der Waals surface area contributed by atoms with Crippen LogP contribution < -0.4 is 9.47 Å². The van der Waals surface area contributed by atoms with Gasteiger partial charge in [0, 0.05) is 43.2 Å². The summed E-state index contributed by atoms with van der Waals surface area (Å²) in [6.45, 7) is 11.1. The summed E-state index contributed by atoms with van der Waals surface area (Å²) in [6, 6.07) is 11.7. The molecule has 11 heteroatoms. The largest absolute Gasteiger partial charge is 0.489 e. The number of allylic oxidation sites excluding steroid dienone is 1. The predicted molar refractivity (Wildman–Crippen MR) is 201 cm³/mol. The molecule has 10 nitrogen and oxygen atoms in total. The quantitative estimate of drug-likeness (QED) is 0.0800. The van der Waals surface area contributed by atoms with Gasteiger partial charge in [-0.25, -0.2) is 9.18 Å². The number of aliphatic hydroxyl groups is 2. The van der Waals surface area contributed by atoms with Crippen LogP contribution in [0.3, 0.4) is 0 Å². The van der Waals surface area contributed by atoms with Crippen LogP contribution >= 0.6 is 0 Å². The molecule has 2 aromatic carbocycles. The van der Waals surface area contributed by atoms with Gasteiger partial charge in [-0.15, -0.1) is 6.58 Å². The molecule has 6 unspecified atom stereocenters. The van der Waals surface area contributed by atoms with E-state index >= 15 is 0 Å². The Balaban J connectivity index is 1.74. The molecular weight excluding hydrogens is 679 g/mol. The van der Waals surface area contributed by atoms with Crippen molar-refractivity contribution in [2.45, 2.75) is 96.5 Å². The number of amides is 1. The number of hydrogen-bond acceptors (Lipinski definition) is 9. The van der Waals surface area contributed by atoms with Crippen LogP contribution in [0.25, 0.3) is 0 Å². The van der Waals surface area contributed by atoms with E-state index in [2.05, 4.69) is 12.7 Å². The molecule has 1 amide bonds. The van der Waals surface area contributed by atoms with Gasteiger partial charge in [0.1, 0.15) is 36.6 Å². The number of ether oxygens (including phenoxy) is 4. The van der Waals surface area contributed by atoms with Gasteiger partial charge in [-0.2, -0.15) is 0 Å². The van der Waals surface area contributed by atoms with Gasteiger partial charge in [-0.05, 0) is 87.6 Å². The number of unbranched alkanes of at least 4 members (excludes halogenated alkanes) is 2. The number of nitrogens with zero attached hydrogens (tertiary/aromatic N) is 2. The fraction of sp³-hybridized carbons (Fsp3) is 0.571. The number of rotatable bonds is 20. The summed E-state index contributed by atoms with van der Waals surface area (Å²) in [7, 11) is 0. The highest BCUT2D eigenvalue weighted by atomic mass is 19.1. The molecule has 3 aliphatic rings. The molecule has 2 N–H and O–H groups in total. The molecule has 1 saturated carbocycles. The van der Waals surface area contributed by atoms with Crippen LogP contribution in [0.2, 0.25) is 0 Å². The average molecular weight is 737 g/mol. The van der Waals surface area contributed by atoms with E-state index in [1.165, 1.54) is 6.07 Å². The maximum Gasteiger partial charge on any atom is 0.410 e. The van der Waals surface area contributed by atoms with E-state index in [0.717, 1.165) is 42.5 Å². The highest BCUT2D eigenvalue weighted by Crippen LogP contribution is 2.62. The number of aliphatic hydroxyl groups excluding tert-OH is 2. The second kappa shape index (κ2) is 19.4. The van der Waals surface area contributed by atoms with Crippen molar-refractivity contribution < 1.29 is 43.2 Å². The Bertz CT molecular complexity index is 1580. The van der Waals surface area contributed by atoms with Crippen molar-refractivity contribution in [3.05, 3.63) is 83.7 Å². The molecule has 6 atom stereocenters. The third kappa shape index (κ3) is 8.90. The second-order valence-electron chi connectivity index (χ2n) is 14.0. The van der Waals surface area contributed by atoms with Crippen LogP contribution in [0.4, 0.5) is 9.18 Å². The predicted octanol–water partition coefficient (Wildman–Crippen LogP) is 7.93. The summed E-state index contributed by atoms with van der Waals surface area (Å²) in [5, 5.41) is 24.3. The van der Waals surface area contributed by atoms with E-state index in [4.69, 9.17) is 28.9 Å². The summed E-state index contributed by atoms with van der Waals surface area (Å²) in [6.07, 6.45) is 9.17. The minimum Gasteiger partial charge on any atom is -0.489 e. The van der Waals surface area contributed by atoms with E-state index in [1.807, 2.05) is 32.0 Å². The van der Waals surface area contributed by atoms with Crippen LogP contribution in [-0.4, -0.2) is 78.3 Å². The number of fused-ring (bicyclic) bond motifs is 2. The highest BCUT2D eigenvalue weighted by Gasteiger charge is 2.65. The fourth-order valence-corrected chi connectivity index (χ4v) is 8.48. The molecule has 1 heterocycles. The van der Waals surface area contributed by atoms with Crippen molar-refractivity contribution >= 4 is 11.8 Å². The van der Waals surface area contributed by atoms with Crippen LogP contribution in [0, 0.1) is 23.6 Å². The van der Waals surface area contributed by atoms with E-state index in [9.17, 15) is 19.4 Å². The molecular formula is C42H57FN2O8. The molecule has 2 aliphatic carbocycles. The van der Waals surface area contributed by atoms with Gasteiger partial charge >= 0.3 is 6.09 Å². The fourth-order valence-electron chi connectivity index (χ4n) is 8.48. The lowest BCUT2D eigenvalue weighted by molar-refractivity contribution is -0.255. The molecule has 2 aromatic rings. The monoisotopic (exact) mass is 736 g/mol. The van der Waals surface area contributed by atoms with Crippen molar-refractivity contribution in [3.8, 4) is 11.5 Å². The molecule has 53 heavy (non-hydrogen) atoms. The summed E-state index contributed by atoms with van der Waals surface area (Å²) >= 11 is 0. The van der Waals surface area contributed by atoms with Crippen molar-refractivity contribution in [1.82, 2.24) is 4.90 Å². The number of hydrogen-bond donors (Lipinski definition) is 2. The minimum absolute atomic E-state index is 0.0560. The zero-order chi connectivity index (χ0) is 37.8. The third-order valence-corrected chi connectivity index (χ3v) is 10.6. The highest BCUT2D eigenvalue weighted by molar-refractivity contribution is 6.02. The standard InChI is InChI=1S/C42H57FN2O8/c1-5-21-45(41(48)49-7-3)38-27-36(44-52-8-4)33-25-29(15-11-13-22-46)32(17-12-14-23-47)39-34-26-31(50-28-30-16-9-10-18-35(30)43)19-20-37(34)53-42(38,40(33)39)51-24-6-2/h6,9-10,16,18-20,25-26,29,32,38-40,46-47H,2,5,7-8,11-15,17,21-24,27-28H2,1,3-4H3. The smallest absolute Gasteiger partial charge is 0.410 e. The van der Waals surface area contributed by atoms with Crippen LogP contribution in [-0.2, 0) is 20.9 Å². The van der Waals surface area contributed by atoms with Crippen LogP contribution in [0.5, 0.6) is 11.5 Å². The number of halogens is 1. The van der Waals surface area contributed by atoms with Gasteiger partial charge in [0.2, 0.25) is 5.79 Å². The lowest BCUT2D eigenvalue weighted by Gasteiger charge is -2.59. The van der Waals surface area contributed by atoms with E-state index < -0.39 is 23.8 Å².